The highest BCUT2D eigenvalue weighted by Crippen LogP contribution is 2.41. The second kappa shape index (κ2) is 37.2. The van der Waals surface area contributed by atoms with Gasteiger partial charge in [-0.1, -0.05) is 315 Å². The highest BCUT2D eigenvalue weighted by molar-refractivity contribution is 6.01. The standard InChI is InChI=1S/C55H37N3.C37H23N5.C29H19N5/c1-5-15-38(16-6-1)47-34-50(40-17-7-2-8-18-40)57-53(35-47)43-27-29-44(30-28-43)54-33-46-23-13-14-24-49(46)55(58-54)45-31-25-39(26-32-45)48-36-51(41-19-9-3-10-20-41)56-52(37-48)42-21-11-4-12-22-42;1-2-8-29-28(7-1)21-34(24-13-15-25(16-14-24)35-22-38-30-9-3-5-11-32(30)40-35)42-37(29)27-19-17-26(18-20-27)36-23-39-31-10-4-6-12-33(31)41-36;1-2-8-25-20(5-1)15-28(23-9-11-26(32-18-23)21-6-3-13-30-16-21)34-29(25)24-10-12-27(33-19-24)22-7-4-14-31-17-22/h1-37H;1-23H;1-19H. The summed E-state index contributed by atoms with van der Waals surface area (Å²) in [5.41, 5.74) is 35.3. The van der Waals surface area contributed by atoms with E-state index in [0.29, 0.717) is 0 Å². The lowest BCUT2D eigenvalue weighted by Crippen LogP contribution is -1.93. The Balaban J connectivity index is 0.000000122. The molecule has 628 valence electrons. The van der Waals surface area contributed by atoms with Gasteiger partial charge in [-0.15, -0.1) is 0 Å². The minimum Gasteiger partial charge on any atom is -0.264 e. The first kappa shape index (κ1) is 81.4. The molecule has 13 aromatic carbocycles. The minimum absolute atomic E-state index is 0.850. The minimum atomic E-state index is 0.850. The maximum absolute atomic E-state index is 5.34. The molecule has 24 rings (SSSR count). The van der Waals surface area contributed by atoms with Crippen molar-refractivity contribution in [2.75, 3.05) is 0 Å². The zero-order valence-corrected chi connectivity index (χ0v) is 72.4. The number of fused-ring (bicyclic) bond motifs is 5. The molecule has 0 aliphatic heterocycles. The smallest absolute Gasteiger partial charge is 0.0894 e. The molecular weight excluding hydrogens is 1640 g/mol. The van der Waals surface area contributed by atoms with Gasteiger partial charge in [-0.05, 0) is 154 Å². The van der Waals surface area contributed by atoms with Gasteiger partial charge in [-0.2, -0.15) is 0 Å². The molecule has 0 N–H and O–H groups in total. The molecule has 24 aromatic rings. The molecule has 0 bridgehead atoms. The number of hydrogen-bond donors (Lipinski definition) is 0. The number of rotatable bonds is 16. The summed E-state index contributed by atoms with van der Waals surface area (Å²) in [6, 6.07) is 148. The molecule has 13 nitrogen and oxygen atoms in total. The Morgan fingerprint density at radius 3 is 0.746 bits per heavy atom. The van der Waals surface area contributed by atoms with E-state index >= 15 is 0 Å². The van der Waals surface area contributed by atoms with Crippen LogP contribution in [-0.4, -0.2) is 64.8 Å². The van der Waals surface area contributed by atoms with E-state index in [1.165, 1.54) is 0 Å². The van der Waals surface area contributed by atoms with Gasteiger partial charge in [0, 0.05) is 131 Å². The molecule has 0 saturated carbocycles. The van der Waals surface area contributed by atoms with E-state index in [4.69, 9.17) is 34.9 Å². The lowest BCUT2D eigenvalue weighted by molar-refractivity contribution is 1.25. The van der Waals surface area contributed by atoms with Gasteiger partial charge in [-0.25, -0.2) is 34.9 Å². The molecule has 11 aromatic heterocycles. The summed E-state index contributed by atoms with van der Waals surface area (Å²) >= 11 is 0. The van der Waals surface area contributed by atoms with E-state index in [9.17, 15) is 0 Å². The predicted octanol–water partition coefficient (Wildman–Crippen LogP) is 29.6. The number of hydrogen-bond acceptors (Lipinski definition) is 13. The molecule has 0 radical (unpaired) electrons. The Bertz CT molecular complexity index is 8220. The summed E-state index contributed by atoms with van der Waals surface area (Å²) in [4.78, 5) is 62.3. The van der Waals surface area contributed by atoms with Crippen molar-refractivity contribution in [3.63, 3.8) is 0 Å². The first-order valence-corrected chi connectivity index (χ1v) is 44.4. The van der Waals surface area contributed by atoms with Crippen LogP contribution in [0.25, 0.3) is 234 Å². The fraction of sp³-hybridized carbons (Fsp3) is 0. The van der Waals surface area contributed by atoms with E-state index in [-0.39, 0.29) is 0 Å². The van der Waals surface area contributed by atoms with E-state index < -0.39 is 0 Å². The van der Waals surface area contributed by atoms with Gasteiger partial charge in [0.1, 0.15) is 0 Å². The molecule has 134 heavy (non-hydrogen) atoms. The average molecular weight is 1720 g/mol. The highest BCUT2D eigenvalue weighted by Gasteiger charge is 2.20. The van der Waals surface area contributed by atoms with Crippen molar-refractivity contribution in [2.24, 2.45) is 0 Å². The molecule has 0 spiro atoms. The van der Waals surface area contributed by atoms with Gasteiger partial charge < -0.3 is 0 Å². The molecule has 0 aliphatic rings. The van der Waals surface area contributed by atoms with E-state index in [2.05, 4.69) is 345 Å². The van der Waals surface area contributed by atoms with Crippen LogP contribution in [0.15, 0.2) is 480 Å². The van der Waals surface area contributed by atoms with Crippen LogP contribution in [0.3, 0.4) is 0 Å². The quantitative estimate of drug-likeness (QED) is 0.0897. The van der Waals surface area contributed by atoms with Crippen molar-refractivity contribution in [1.82, 2.24) is 64.8 Å². The fourth-order valence-electron chi connectivity index (χ4n) is 17.0. The van der Waals surface area contributed by atoms with E-state index in [1.54, 1.807) is 12.4 Å². The van der Waals surface area contributed by atoms with Crippen LogP contribution in [0.2, 0.25) is 0 Å². The number of nitrogens with zero attached hydrogens (tertiary/aromatic N) is 13. The predicted molar refractivity (Wildman–Crippen MR) is 545 cm³/mol. The summed E-state index contributed by atoms with van der Waals surface area (Å²) in [6.45, 7) is 0. The summed E-state index contributed by atoms with van der Waals surface area (Å²) < 4.78 is 0. The first-order valence-electron chi connectivity index (χ1n) is 44.4. The van der Waals surface area contributed by atoms with Gasteiger partial charge in [0.25, 0.3) is 0 Å². The third-order valence-electron chi connectivity index (χ3n) is 24.0. The number of benzene rings is 13. The third kappa shape index (κ3) is 17.6. The number of para-hydroxylation sites is 4. The number of pyridine rings is 9. The van der Waals surface area contributed by atoms with Crippen LogP contribution < -0.4 is 0 Å². The zero-order chi connectivity index (χ0) is 89.3. The van der Waals surface area contributed by atoms with E-state index in [0.717, 1.165) is 234 Å². The summed E-state index contributed by atoms with van der Waals surface area (Å²) in [5, 5.41) is 6.73. The van der Waals surface area contributed by atoms with Crippen LogP contribution in [0, 0.1) is 0 Å². The lowest BCUT2D eigenvalue weighted by Gasteiger charge is -2.13. The largest absolute Gasteiger partial charge is 0.264 e. The van der Waals surface area contributed by atoms with Crippen LogP contribution >= 0.6 is 0 Å². The SMILES string of the molecule is c1ccc(-c2cc(-c3ccccc3)nc(-c3ccc(-c4cc5ccccc5c(-c5ccc(-c6cc(-c7ccccc7)nc(-c7ccccc7)c6)cc5)n4)cc3)c2)cc1.c1ccc2c(-c3ccc(-c4cnc5ccccc5n4)cc3)nc(-c3ccc(-c4cnc5ccccc5n4)cc3)cc2c1.c1cncc(-c2ccc(-c3cc4ccccc4c(-c4ccc(-c5cccnc5)nc4)n3)cn2)c1. The second-order valence-electron chi connectivity index (χ2n) is 32.6. The molecule has 0 atom stereocenters. The van der Waals surface area contributed by atoms with Crippen molar-refractivity contribution >= 4 is 54.4 Å². The molecule has 11 heterocycles. The van der Waals surface area contributed by atoms with Crippen molar-refractivity contribution in [1.29, 1.82) is 0 Å². The summed E-state index contributed by atoms with van der Waals surface area (Å²) in [5.74, 6) is 0. The topological polar surface area (TPSA) is 168 Å². The Kier molecular flexibility index (Phi) is 22.6. The van der Waals surface area contributed by atoms with Gasteiger partial charge >= 0.3 is 0 Å². The Labute approximate surface area is 774 Å². The normalized spacial score (nSPS) is 11.1. The maximum atomic E-state index is 5.34. The van der Waals surface area contributed by atoms with Crippen molar-refractivity contribution in [3.05, 3.63) is 480 Å². The molecular formula is C121H79N13. The van der Waals surface area contributed by atoms with Gasteiger partial charge in [0.15, 0.2) is 0 Å². The van der Waals surface area contributed by atoms with Gasteiger partial charge in [-0.3, -0.25) is 29.9 Å². The van der Waals surface area contributed by atoms with Crippen LogP contribution in [0.5, 0.6) is 0 Å². The lowest BCUT2D eigenvalue weighted by atomic mass is 9.96. The van der Waals surface area contributed by atoms with Gasteiger partial charge in [0.05, 0.1) is 114 Å². The Morgan fingerprint density at radius 2 is 0.388 bits per heavy atom. The zero-order valence-electron chi connectivity index (χ0n) is 72.4. The van der Waals surface area contributed by atoms with Gasteiger partial charge in [0.2, 0.25) is 0 Å². The van der Waals surface area contributed by atoms with Crippen LogP contribution in [0.1, 0.15) is 0 Å². The van der Waals surface area contributed by atoms with Crippen molar-refractivity contribution < 1.29 is 0 Å². The summed E-state index contributed by atoms with van der Waals surface area (Å²) in [6.07, 6.45) is 14.6. The number of aromatic nitrogens is 13. The molecule has 0 aliphatic carbocycles. The Hall–Kier alpha value is -18.3. The fourth-order valence-corrected chi connectivity index (χ4v) is 17.0. The maximum Gasteiger partial charge on any atom is 0.0894 e. The van der Waals surface area contributed by atoms with Crippen molar-refractivity contribution in [2.45, 2.75) is 0 Å². The third-order valence-corrected chi connectivity index (χ3v) is 24.0. The molecule has 0 amide bonds. The second-order valence-corrected chi connectivity index (χ2v) is 32.6. The van der Waals surface area contributed by atoms with Crippen LogP contribution in [-0.2, 0) is 0 Å². The van der Waals surface area contributed by atoms with Crippen molar-refractivity contribution in [3.8, 4) is 180 Å². The highest BCUT2D eigenvalue weighted by atomic mass is 14.8. The van der Waals surface area contributed by atoms with Crippen LogP contribution in [0.4, 0.5) is 0 Å². The Morgan fingerprint density at radius 1 is 0.127 bits per heavy atom. The molecule has 0 saturated heterocycles. The average Bonchev–Trinajstić information content (AvgIpc) is 0.779. The molecule has 0 unspecified atom stereocenters. The summed E-state index contributed by atoms with van der Waals surface area (Å²) in [7, 11) is 0. The molecule has 13 heteroatoms. The first-order chi connectivity index (χ1) is 66.3. The monoisotopic (exact) mass is 1710 g/mol. The van der Waals surface area contributed by atoms with E-state index in [1.807, 2.05) is 152 Å². The molecule has 0 fully saturated rings.